The van der Waals surface area contributed by atoms with Crippen molar-refractivity contribution in [3.05, 3.63) is 48.8 Å². The summed E-state index contributed by atoms with van der Waals surface area (Å²) in [6.07, 6.45) is 3.26. The zero-order valence-electron chi connectivity index (χ0n) is 15.2. The summed E-state index contributed by atoms with van der Waals surface area (Å²) in [6.45, 7) is 0. The van der Waals surface area contributed by atoms with E-state index >= 15 is 0 Å². The SMILES string of the molecule is C[n+]1ncc(N)c2cc(N=Nc3ccc4c(c3)c(N)cn[n+]4C)ccc21.[Cl-].[Cl-]. The van der Waals surface area contributed by atoms with Crippen LogP contribution in [-0.2, 0) is 14.1 Å². The Labute approximate surface area is 173 Å². The highest BCUT2D eigenvalue weighted by molar-refractivity contribution is 5.90. The lowest BCUT2D eigenvalue weighted by atomic mass is 10.2. The molecule has 0 aliphatic carbocycles. The van der Waals surface area contributed by atoms with Gasteiger partial charge in [0.2, 0.25) is 11.0 Å². The molecule has 10 heteroatoms. The number of hydrogen-bond acceptors (Lipinski definition) is 6. The van der Waals surface area contributed by atoms with Crippen molar-refractivity contribution in [1.82, 2.24) is 10.2 Å². The number of nitrogen functional groups attached to an aromatic ring is 2. The third kappa shape index (κ3) is 3.78. The Morgan fingerprint density at radius 1 is 0.714 bits per heavy atom. The van der Waals surface area contributed by atoms with Crippen LogP contribution in [0.1, 0.15) is 0 Å². The largest absolute Gasteiger partial charge is 1.00 e. The maximum absolute atomic E-state index is 6.02. The Kier molecular flexibility index (Phi) is 6.27. The van der Waals surface area contributed by atoms with Crippen LogP contribution in [0, 0.1) is 0 Å². The summed E-state index contributed by atoms with van der Waals surface area (Å²) in [5, 5.41) is 18.8. The van der Waals surface area contributed by atoms with Gasteiger partial charge in [-0.1, -0.05) is 9.36 Å². The third-order valence-corrected chi connectivity index (χ3v) is 4.30. The van der Waals surface area contributed by atoms with Gasteiger partial charge in [0.05, 0.1) is 33.5 Å². The number of hydrogen-bond donors (Lipinski definition) is 2. The lowest BCUT2D eigenvalue weighted by Gasteiger charge is -2.01. The first-order valence-corrected chi connectivity index (χ1v) is 8.04. The fourth-order valence-electron chi connectivity index (χ4n) is 2.88. The summed E-state index contributed by atoms with van der Waals surface area (Å²) in [6, 6.07) is 11.4. The second kappa shape index (κ2) is 8.28. The molecule has 8 nitrogen and oxygen atoms in total. The fourth-order valence-corrected chi connectivity index (χ4v) is 2.88. The molecule has 0 unspecified atom stereocenters. The first kappa shape index (κ1) is 21.2. The van der Waals surface area contributed by atoms with E-state index < -0.39 is 0 Å². The molecule has 4 rings (SSSR count). The summed E-state index contributed by atoms with van der Waals surface area (Å²) >= 11 is 0. The van der Waals surface area contributed by atoms with Crippen LogP contribution in [0.5, 0.6) is 0 Å². The number of aromatic nitrogens is 4. The van der Waals surface area contributed by atoms with Crippen molar-refractivity contribution in [2.75, 3.05) is 11.5 Å². The van der Waals surface area contributed by atoms with Gasteiger partial charge in [-0.3, -0.25) is 0 Å². The molecule has 0 saturated heterocycles. The van der Waals surface area contributed by atoms with Gasteiger partial charge >= 0.3 is 0 Å². The third-order valence-electron chi connectivity index (χ3n) is 4.30. The van der Waals surface area contributed by atoms with E-state index in [1.165, 1.54) is 0 Å². The molecular formula is C18H18Cl2N8. The van der Waals surface area contributed by atoms with Gasteiger partial charge in [0.15, 0.2) is 14.1 Å². The summed E-state index contributed by atoms with van der Waals surface area (Å²) in [7, 11) is 3.74. The predicted molar refractivity (Wildman–Crippen MR) is 98.8 cm³/mol. The van der Waals surface area contributed by atoms with Crippen molar-refractivity contribution >= 4 is 44.6 Å². The monoisotopic (exact) mass is 416 g/mol. The highest BCUT2D eigenvalue weighted by Crippen LogP contribution is 2.27. The van der Waals surface area contributed by atoms with Crippen molar-refractivity contribution in [3.8, 4) is 0 Å². The Balaban J connectivity index is 0.00000140. The van der Waals surface area contributed by atoms with Gasteiger partial charge in [0.1, 0.15) is 12.4 Å². The maximum atomic E-state index is 6.02. The molecule has 4 N–H and O–H groups in total. The minimum atomic E-state index is 0. The summed E-state index contributed by atoms with van der Waals surface area (Å²) in [5.74, 6) is 0. The highest BCUT2D eigenvalue weighted by atomic mass is 35.5. The van der Waals surface area contributed by atoms with Crippen molar-refractivity contribution < 1.29 is 34.2 Å². The average molecular weight is 417 g/mol. The normalized spacial score (nSPS) is 10.8. The van der Waals surface area contributed by atoms with Crippen molar-refractivity contribution in [1.29, 1.82) is 0 Å². The number of azo groups is 1. The first-order valence-electron chi connectivity index (χ1n) is 8.04. The number of nitrogens with two attached hydrogens (primary N) is 2. The van der Waals surface area contributed by atoms with Gasteiger partial charge in [-0.2, -0.15) is 10.2 Å². The Morgan fingerprint density at radius 2 is 1.11 bits per heavy atom. The minimum Gasteiger partial charge on any atom is -1.00 e. The summed E-state index contributed by atoms with van der Waals surface area (Å²) < 4.78 is 3.54. The number of nitrogens with zero attached hydrogens (tertiary/aromatic N) is 6. The number of rotatable bonds is 2. The molecule has 2 heterocycles. The second-order valence-electron chi connectivity index (χ2n) is 6.05. The van der Waals surface area contributed by atoms with Gasteiger partial charge in [-0.15, -0.1) is 0 Å². The molecule has 0 aliphatic rings. The van der Waals surface area contributed by atoms with Crippen molar-refractivity contribution in [2.24, 2.45) is 24.3 Å². The van der Waals surface area contributed by atoms with Crippen LogP contribution >= 0.6 is 0 Å². The van der Waals surface area contributed by atoms with E-state index in [1.54, 1.807) is 21.8 Å². The zero-order chi connectivity index (χ0) is 18.3. The van der Waals surface area contributed by atoms with Crippen LogP contribution in [0.3, 0.4) is 0 Å². The van der Waals surface area contributed by atoms with Crippen LogP contribution in [0.15, 0.2) is 59.0 Å². The molecule has 2 aromatic heterocycles. The lowest BCUT2D eigenvalue weighted by Crippen LogP contribution is -3.00. The van der Waals surface area contributed by atoms with E-state index in [4.69, 9.17) is 11.5 Å². The second-order valence-corrected chi connectivity index (χ2v) is 6.05. The molecule has 144 valence electrons. The van der Waals surface area contributed by atoms with Gasteiger partial charge in [-0.25, -0.2) is 0 Å². The summed E-state index contributed by atoms with van der Waals surface area (Å²) in [4.78, 5) is 0. The average Bonchev–Trinajstić information content (AvgIpc) is 2.66. The molecule has 0 radical (unpaired) electrons. The van der Waals surface area contributed by atoms with E-state index in [9.17, 15) is 0 Å². The van der Waals surface area contributed by atoms with Crippen molar-refractivity contribution in [3.63, 3.8) is 0 Å². The van der Waals surface area contributed by atoms with Gasteiger partial charge in [-0.05, 0) is 34.5 Å². The topological polar surface area (TPSA) is 110 Å². The molecule has 0 bridgehead atoms. The number of anilines is 2. The van der Waals surface area contributed by atoms with Crippen LogP contribution < -0.4 is 45.6 Å². The van der Waals surface area contributed by atoms with Crippen LogP contribution in [-0.4, -0.2) is 10.2 Å². The number of benzene rings is 2. The summed E-state index contributed by atoms with van der Waals surface area (Å²) in [5.41, 5.74) is 16.5. The molecule has 4 aromatic rings. The molecule has 28 heavy (non-hydrogen) atoms. The van der Waals surface area contributed by atoms with Crippen LogP contribution in [0.2, 0.25) is 0 Å². The fraction of sp³-hybridized carbons (Fsp3) is 0.111. The molecule has 0 atom stereocenters. The van der Waals surface area contributed by atoms with Crippen LogP contribution in [0.25, 0.3) is 21.8 Å². The van der Waals surface area contributed by atoms with E-state index in [0.717, 1.165) is 21.8 Å². The predicted octanol–water partition coefficient (Wildman–Crippen LogP) is -3.98. The van der Waals surface area contributed by atoms with Crippen LogP contribution in [0.4, 0.5) is 22.7 Å². The number of aryl methyl sites for hydroxylation is 2. The van der Waals surface area contributed by atoms with E-state index in [0.29, 0.717) is 22.7 Å². The zero-order valence-corrected chi connectivity index (χ0v) is 16.7. The number of fused-ring (bicyclic) bond motifs is 2. The molecule has 2 aromatic carbocycles. The molecule has 0 amide bonds. The Bertz CT molecular complexity index is 1100. The molecule has 0 saturated carbocycles. The van der Waals surface area contributed by atoms with E-state index in [2.05, 4.69) is 20.4 Å². The van der Waals surface area contributed by atoms with Gasteiger partial charge in [0, 0.05) is 12.1 Å². The molecule has 0 spiro atoms. The van der Waals surface area contributed by atoms with Gasteiger partial charge < -0.3 is 36.3 Å². The van der Waals surface area contributed by atoms with Gasteiger partial charge in [0.25, 0.3) is 0 Å². The molecule has 0 aliphatic heterocycles. The number of halogens is 2. The standard InChI is InChI=1S/C18H16N8.2ClH/c1-25-17-5-3-11(7-13(17)15(19)9-21-25)23-24-12-4-6-18-14(8-12)16(20)10-22-26(18)2;;/h3-10,19-20H,1-2H3;2*1H. The van der Waals surface area contributed by atoms with E-state index in [1.807, 2.05) is 50.5 Å². The maximum Gasteiger partial charge on any atom is 0.241 e. The molecule has 0 fully saturated rings. The quantitative estimate of drug-likeness (QED) is 0.256. The lowest BCUT2D eigenvalue weighted by molar-refractivity contribution is -0.705. The Morgan fingerprint density at radius 3 is 1.50 bits per heavy atom. The molecular weight excluding hydrogens is 399 g/mol. The van der Waals surface area contributed by atoms with Crippen molar-refractivity contribution in [2.45, 2.75) is 0 Å². The Hall–Kier alpha value is -3.10. The van der Waals surface area contributed by atoms with E-state index in [-0.39, 0.29) is 24.8 Å². The smallest absolute Gasteiger partial charge is 0.241 e. The highest BCUT2D eigenvalue weighted by Gasteiger charge is 2.11. The first-order chi connectivity index (χ1) is 12.5. The minimum absolute atomic E-state index is 0.